The first-order valence-corrected chi connectivity index (χ1v) is 12.6. The minimum Gasteiger partial charge on any atom is -0.340 e. The molecule has 0 amide bonds. The Bertz CT molecular complexity index is 1720. The van der Waals surface area contributed by atoms with Crippen molar-refractivity contribution in [3.8, 4) is 5.69 Å². The number of para-hydroxylation sites is 2. The van der Waals surface area contributed by atoms with Gasteiger partial charge in [0.05, 0.1) is 17.1 Å². The van der Waals surface area contributed by atoms with E-state index in [0.717, 1.165) is 28.3 Å². The van der Waals surface area contributed by atoms with E-state index in [9.17, 15) is 0 Å². The molecule has 7 rings (SSSR count). The average molecular weight is 476 g/mol. The number of nitrogens with zero attached hydrogens (tertiary/aromatic N) is 2. The zero-order valence-corrected chi connectivity index (χ0v) is 20.3. The first-order valence-electron chi connectivity index (χ1n) is 12.6. The SMILES string of the molecule is C1=C(c2ccc(-n3c4ccccc4c4ccccc43)cc2)NC(c2ccccc2)=N[C@H]1c1ccccc1. The van der Waals surface area contributed by atoms with Gasteiger partial charge in [-0.2, -0.15) is 0 Å². The second-order valence-electron chi connectivity index (χ2n) is 9.32. The first-order chi connectivity index (χ1) is 18.3. The molecule has 5 aromatic carbocycles. The molecule has 176 valence electrons. The second kappa shape index (κ2) is 8.96. The van der Waals surface area contributed by atoms with Crippen molar-refractivity contribution in [2.24, 2.45) is 4.99 Å². The van der Waals surface area contributed by atoms with Crippen LogP contribution in [0.25, 0.3) is 33.2 Å². The lowest BCUT2D eigenvalue weighted by atomic mass is 10.0. The summed E-state index contributed by atoms with van der Waals surface area (Å²) in [6.07, 6.45) is 2.22. The number of fused-ring (bicyclic) bond motifs is 3. The Morgan fingerprint density at radius 1 is 0.541 bits per heavy atom. The Morgan fingerprint density at radius 2 is 1.11 bits per heavy atom. The van der Waals surface area contributed by atoms with Crippen LogP contribution in [0.15, 0.2) is 145 Å². The van der Waals surface area contributed by atoms with Gasteiger partial charge in [-0.05, 0) is 41.5 Å². The molecule has 1 aromatic heterocycles. The summed E-state index contributed by atoms with van der Waals surface area (Å²) in [7, 11) is 0. The van der Waals surface area contributed by atoms with E-state index in [0.29, 0.717) is 0 Å². The third-order valence-electron chi connectivity index (χ3n) is 7.05. The van der Waals surface area contributed by atoms with Gasteiger partial charge in [0.2, 0.25) is 0 Å². The monoisotopic (exact) mass is 475 g/mol. The summed E-state index contributed by atoms with van der Waals surface area (Å²) in [6, 6.07) is 46.8. The lowest BCUT2D eigenvalue weighted by Gasteiger charge is -2.23. The topological polar surface area (TPSA) is 29.3 Å². The van der Waals surface area contributed by atoms with Crippen LogP contribution in [-0.4, -0.2) is 10.4 Å². The molecule has 0 saturated carbocycles. The summed E-state index contributed by atoms with van der Waals surface area (Å²) in [5.41, 5.74) is 8.04. The van der Waals surface area contributed by atoms with Gasteiger partial charge in [-0.15, -0.1) is 0 Å². The van der Waals surface area contributed by atoms with Gasteiger partial charge in [0, 0.05) is 27.7 Å². The van der Waals surface area contributed by atoms with Crippen molar-refractivity contribution >= 4 is 33.3 Å². The van der Waals surface area contributed by atoms with Crippen LogP contribution in [0.4, 0.5) is 0 Å². The summed E-state index contributed by atoms with van der Waals surface area (Å²) in [6.45, 7) is 0. The van der Waals surface area contributed by atoms with Gasteiger partial charge in [-0.25, -0.2) is 0 Å². The van der Waals surface area contributed by atoms with Crippen molar-refractivity contribution in [2.75, 3.05) is 0 Å². The van der Waals surface area contributed by atoms with Crippen LogP contribution in [0.5, 0.6) is 0 Å². The highest BCUT2D eigenvalue weighted by atomic mass is 15.0. The molecule has 1 aliphatic heterocycles. The normalized spacial score (nSPS) is 15.3. The number of hydrogen-bond acceptors (Lipinski definition) is 2. The van der Waals surface area contributed by atoms with Gasteiger partial charge in [-0.1, -0.05) is 109 Å². The minimum absolute atomic E-state index is 0.0512. The van der Waals surface area contributed by atoms with E-state index in [-0.39, 0.29) is 6.04 Å². The van der Waals surface area contributed by atoms with Gasteiger partial charge in [0.15, 0.2) is 0 Å². The fourth-order valence-electron chi connectivity index (χ4n) is 5.26. The second-order valence-corrected chi connectivity index (χ2v) is 9.32. The quantitative estimate of drug-likeness (QED) is 0.276. The molecule has 0 bridgehead atoms. The number of amidine groups is 1. The molecule has 1 atom stereocenters. The maximum absolute atomic E-state index is 5.05. The van der Waals surface area contributed by atoms with Crippen LogP contribution in [-0.2, 0) is 0 Å². The number of nitrogens with one attached hydrogen (secondary N) is 1. The molecule has 3 heteroatoms. The zero-order valence-electron chi connectivity index (χ0n) is 20.3. The molecular weight excluding hydrogens is 450 g/mol. The van der Waals surface area contributed by atoms with Crippen molar-refractivity contribution < 1.29 is 0 Å². The molecule has 1 aliphatic rings. The fourth-order valence-corrected chi connectivity index (χ4v) is 5.26. The number of benzene rings is 5. The van der Waals surface area contributed by atoms with Crippen LogP contribution in [0.3, 0.4) is 0 Å². The summed E-state index contributed by atoms with van der Waals surface area (Å²) in [5, 5.41) is 6.15. The third-order valence-corrected chi connectivity index (χ3v) is 7.05. The van der Waals surface area contributed by atoms with Gasteiger partial charge in [0.1, 0.15) is 5.84 Å². The molecule has 0 fully saturated rings. The lowest BCUT2D eigenvalue weighted by Crippen LogP contribution is -2.27. The Hall–Kier alpha value is -4.89. The summed E-state index contributed by atoms with van der Waals surface area (Å²) in [5.74, 6) is 0.887. The number of hydrogen-bond donors (Lipinski definition) is 1. The van der Waals surface area contributed by atoms with Gasteiger partial charge >= 0.3 is 0 Å². The molecule has 0 saturated heterocycles. The molecule has 2 heterocycles. The maximum Gasteiger partial charge on any atom is 0.133 e. The molecule has 0 aliphatic carbocycles. The number of aliphatic imine (C=N–C) groups is 1. The van der Waals surface area contributed by atoms with Crippen molar-refractivity contribution in [3.63, 3.8) is 0 Å². The molecule has 6 aromatic rings. The number of rotatable bonds is 4. The van der Waals surface area contributed by atoms with Crippen LogP contribution in [0, 0.1) is 0 Å². The minimum atomic E-state index is -0.0512. The van der Waals surface area contributed by atoms with Crippen LogP contribution in [0.1, 0.15) is 22.7 Å². The van der Waals surface area contributed by atoms with Gasteiger partial charge in [0.25, 0.3) is 0 Å². The molecule has 0 spiro atoms. The predicted octanol–water partition coefficient (Wildman–Crippen LogP) is 7.92. The van der Waals surface area contributed by atoms with Crippen molar-refractivity contribution in [2.45, 2.75) is 6.04 Å². The molecule has 0 radical (unpaired) electrons. The van der Waals surface area contributed by atoms with Crippen molar-refractivity contribution in [1.29, 1.82) is 0 Å². The van der Waals surface area contributed by atoms with E-state index >= 15 is 0 Å². The summed E-state index contributed by atoms with van der Waals surface area (Å²) >= 11 is 0. The Labute approximate surface area is 216 Å². The Morgan fingerprint density at radius 3 is 1.76 bits per heavy atom. The largest absolute Gasteiger partial charge is 0.340 e. The molecular formula is C34H25N3. The first kappa shape index (κ1) is 21.4. The van der Waals surface area contributed by atoms with Crippen LogP contribution in [0.2, 0.25) is 0 Å². The van der Waals surface area contributed by atoms with E-state index in [4.69, 9.17) is 4.99 Å². The molecule has 0 unspecified atom stereocenters. The van der Waals surface area contributed by atoms with Crippen LogP contribution < -0.4 is 5.32 Å². The van der Waals surface area contributed by atoms with E-state index in [1.54, 1.807) is 0 Å². The van der Waals surface area contributed by atoms with Crippen molar-refractivity contribution in [1.82, 2.24) is 9.88 Å². The summed E-state index contributed by atoms with van der Waals surface area (Å²) in [4.78, 5) is 5.05. The standard InChI is InChI=1S/C34H25N3/c1-3-11-24(12-4-1)30-23-31(36-34(35-30)26-13-5-2-6-14-26)25-19-21-27(22-20-25)37-32-17-9-7-15-28(32)29-16-8-10-18-33(29)37/h1-23,30H,(H,35,36)/t30-/m1/s1. The predicted molar refractivity (Wildman–Crippen MR) is 154 cm³/mol. The van der Waals surface area contributed by atoms with Crippen molar-refractivity contribution in [3.05, 3.63) is 156 Å². The fraction of sp³-hybridized carbons (Fsp3) is 0.0294. The zero-order chi connectivity index (χ0) is 24.6. The van der Waals surface area contributed by atoms with Gasteiger partial charge in [-0.3, -0.25) is 4.99 Å². The lowest BCUT2D eigenvalue weighted by molar-refractivity contribution is 0.880. The average Bonchev–Trinajstić information content (AvgIpc) is 3.32. The summed E-state index contributed by atoms with van der Waals surface area (Å²) < 4.78 is 2.35. The van der Waals surface area contributed by atoms with E-state index in [1.165, 1.54) is 27.4 Å². The smallest absolute Gasteiger partial charge is 0.133 e. The third kappa shape index (κ3) is 3.82. The molecule has 3 nitrogen and oxygen atoms in total. The van der Waals surface area contributed by atoms with E-state index < -0.39 is 0 Å². The Balaban J connectivity index is 1.30. The van der Waals surface area contributed by atoms with E-state index in [2.05, 4.69) is 137 Å². The maximum atomic E-state index is 5.05. The highest BCUT2D eigenvalue weighted by Gasteiger charge is 2.19. The van der Waals surface area contributed by atoms with Gasteiger partial charge < -0.3 is 9.88 Å². The highest BCUT2D eigenvalue weighted by molar-refractivity contribution is 6.09. The molecule has 37 heavy (non-hydrogen) atoms. The molecule has 1 N–H and O–H groups in total. The van der Waals surface area contributed by atoms with Crippen LogP contribution >= 0.6 is 0 Å². The number of aromatic nitrogens is 1. The highest BCUT2D eigenvalue weighted by Crippen LogP contribution is 2.33. The van der Waals surface area contributed by atoms with E-state index in [1.807, 2.05) is 12.1 Å². The Kier molecular flexibility index (Phi) is 5.18.